The maximum atomic E-state index is 13.1. The van der Waals surface area contributed by atoms with E-state index >= 15 is 0 Å². The van der Waals surface area contributed by atoms with Crippen molar-refractivity contribution in [2.24, 2.45) is 0 Å². The maximum Gasteiger partial charge on any atom is 0.211 e. The molecule has 0 unspecified atom stereocenters. The van der Waals surface area contributed by atoms with Gasteiger partial charge in [0.15, 0.2) is 8.32 Å². The molecule has 0 amide bonds. The minimum Gasteiger partial charge on any atom is -0.416 e. The second-order valence-electron chi connectivity index (χ2n) is 9.56. The van der Waals surface area contributed by atoms with Gasteiger partial charge in [0.2, 0.25) is 5.43 Å². The largest absolute Gasteiger partial charge is 0.416 e. The molecule has 1 aromatic heterocycles. The topological polar surface area (TPSA) is 44.1 Å². The lowest BCUT2D eigenvalue weighted by Gasteiger charge is -2.42. The van der Waals surface area contributed by atoms with E-state index in [9.17, 15) is 4.79 Å². The van der Waals surface area contributed by atoms with Gasteiger partial charge in [-0.15, -0.1) is 0 Å². The van der Waals surface area contributed by atoms with Crippen molar-refractivity contribution in [1.82, 2.24) is 9.78 Å². The zero-order chi connectivity index (χ0) is 21.3. The van der Waals surface area contributed by atoms with Crippen LogP contribution in [0.15, 0.2) is 23.0 Å². The number of nitrogens with zero attached hydrogens (tertiary/aromatic N) is 2. The second kappa shape index (κ2) is 8.72. The van der Waals surface area contributed by atoms with Crippen LogP contribution in [0.3, 0.4) is 0 Å². The third-order valence-electron chi connectivity index (χ3n) is 6.79. The zero-order valence-corrected chi connectivity index (χ0v) is 20.3. The summed E-state index contributed by atoms with van der Waals surface area (Å²) in [5.74, 6) is 0.675. The Morgan fingerprint density at radius 1 is 1.10 bits per heavy atom. The van der Waals surface area contributed by atoms with Crippen molar-refractivity contribution in [1.29, 1.82) is 0 Å². The Kier molecular flexibility index (Phi) is 6.69. The molecular formula is C24H38N2O2Si. The third-order valence-corrected chi connectivity index (χ3v) is 12.9. The molecule has 1 aromatic carbocycles. The van der Waals surface area contributed by atoms with Crippen LogP contribution in [0.5, 0.6) is 0 Å². The standard InChI is InChI=1S/C24H38N2O2Si/c1-8-26-23-15-20(19-9-10-19)11-12-21(23)24(27)22(25-26)13-14-28-29(16(2)3,17(4)5)18(6)7/h11-12,15-19H,8-10,13-14H2,1-7H3. The predicted octanol–water partition coefficient (Wildman–Crippen LogP) is 6.03. The number of aromatic nitrogens is 2. The molecule has 160 valence electrons. The van der Waals surface area contributed by atoms with Crippen LogP contribution >= 0.6 is 0 Å². The first-order valence-electron chi connectivity index (χ1n) is 11.4. The number of hydrogen-bond acceptors (Lipinski definition) is 3. The first-order chi connectivity index (χ1) is 13.7. The van der Waals surface area contributed by atoms with Gasteiger partial charge in [-0.2, -0.15) is 5.10 Å². The highest BCUT2D eigenvalue weighted by molar-refractivity contribution is 6.77. The highest BCUT2D eigenvalue weighted by atomic mass is 28.4. The fourth-order valence-corrected chi connectivity index (χ4v) is 10.7. The monoisotopic (exact) mass is 414 g/mol. The molecular weight excluding hydrogens is 376 g/mol. The highest BCUT2D eigenvalue weighted by Crippen LogP contribution is 2.42. The molecule has 0 atom stereocenters. The molecule has 1 fully saturated rings. The van der Waals surface area contributed by atoms with E-state index in [0.717, 1.165) is 17.4 Å². The van der Waals surface area contributed by atoms with E-state index in [0.29, 0.717) is 41.3 Å². The van der Waals surface area contributed by atoms with Gasteiger partial charge in [-0.1, -0.05) is 47.6 Å². The smallest absolute Gasteiger partial charge is 0.211 e. The van der Waals surface area contributed by atoms with Gasteiger partial charge in [0.05, 0.1) is 5.52 Å². The quantitative estimate of drug-likeness (QED) is 0.471. The lowest BCUT2D eigenvalue weighted by molar-refractivity contribution is 0.279. The SMILES string of the molecule is CCn1nc(CCO[Si](C(C)C)(C(C)C)C(C)C)c(=O)c2ccc(C3CC3)cc21. The molecule has 0 aliphatic heterocycles. The number of benzene rings is 1. The summed E-state index contributed by atoms with van der Waals surface area (Å²) >= 11 is 0. The Hall–Kier alpha value is -1.46. The van der Waals surface area contributed by atoms with Gasteiger partial charge >= 0.3 is 0 Å². The van der Waals surface area contributed by atoms with Gasteiger partial charge in [-0.3, -0.25) is 9.48 Å². The summed E-state index contributed by atoms with van der Waals surface area (Å²) < 4.78 is 8.66. The van der Waals surface area contributed by atoms with Crippen molar-refractivity contribution in [2.75, 3.05) is 6.61 Å². The average Bonchev–Trinajstić information content (AvgIpc) is 3.50. The molecule has 5 heteroatoms. The van der Waals surface area contributed by atoms with Crippen molar-refractivity contribution >= 4 is 19.2 Å². The van der Waals surface area contributed by atoms with E-state index in [1.165, 1.54) is 18.4 Å². The minimum atomic E-state index is -1.92. The van der Waals surface area contributed by atoms with E-state index in [1.54, 1.807) is 0 Å². The molecule has 2 aromatic rings. The predicted molar refractivity (Wildman–Crippen MR) is 124 cm³/mol. The molecule has 1 heterocycles. The van der Waals surface area contributed by atoms with Crippen LogP contribution in [0.1, 0.15) is 78.5 Å². The first kappa shape index (κ1) is 22.2. The van der Waals surface area contributed by atoms with Crippen molar-refractivity contribution < 1.29 is 4.43 Å². The second-order valence-corrected chi connectivity index (χ2v) is 15.0. The minimum absolute atomic E-state index is 0.0709. The van der Waals surface area contributed by atoms with Gasteiger partial charge in [0.1, 0.15) is 5.69 Å². The lowest BCUT2D eigenvalue weighted by Crippen LogP contribution is -2.48. The summed E-state index contributed by atoms with van der Waals surface area (Å²) in [5, 5.41) is 5.53. The van der Waals surface area contributed by atoms with Crippen LogP contribution in [0.2, 0.25) is 16.6 Å². The molecule has 1 saturated carbocycles. The fraction of sp³-hybridized carbons (Fsp3) is 0.667. The normalized spacial score (nSPS) is 15.2. The highest BCUT2D eigenvalue weighted by Gasteiger charge is 2.44. The van der Waals surface area contributed by atoms with Crippen LogP contribution in [-0.2, 0) is 17.4 Å². The van der Waals surface area contributed by atoms with Gasteiger partial charge in [-0.25, -0.2) is 0 Å². The molecule has 1 aliphatic rings. The van der Waals surface area contributed by atoms with Crippen LogP contribution in [0.4, 0.5) is 0 Å². The van der Waals surface area contributed by atoms with Gasteiger partial charge < -0.3 is 4.43 Å². The third kappa shape index (κ3) is 4.22. The molecule has 0 bridgehead atoms. The summed E-state index contributed by atoms with van der Waals surface area (Å²) in [6, 6.07) is 6.33. The number of hydrogen-bond donors (Lipinski definition) is 0. The number of fused-ring (bicyclic) bond motifs is 1. The Morgan fingerprint density at radius 3 is 2.24 bits per heavy atom. The molecule has 0 radical (unpaired) electrons. The van der Waals surface area contributed by atoms with E-state index in [1.807, 2.05) is 10.7 Å². The Balaban J connectivity index is 1.87. The Morgan fingerprint density at radius 2 is 1.72 bits per heavy atom. The van der Waals surface area contributed by atoms with E-state index in [-0.39, 0.29) is 5.43 Å². The molecule has 3 rings (SSSR count). The van der Waals surface area contributed by atoms with Crippen molar-refractivity contribution in [3.63, 3.8) is 0 Å². The molecule has 0 spiro atoms. The van der Waals surface area contributed by atoms with Crippen LogP contribution in [0.25, 0.3) is 10.9 Å². The molecule has 29 heavy (non-hydrogen) atoms. The number of rotatable bonds is 9. The molecule has 4 nitrogen and oxygen atoms in total. The molecule has 0 saturated heterocycles. The van der Waals surface area contributed by atoms with Gasteiger partial charge in [0, 0.05) is 25.0 Å². The first-order valence-corrected chi connectivity index (χ1v) is 13.5. The van der Waals surface area contributed by atoms with Crippen LogP contribution in [-0.4, -0.2) is 24.7 Å². The number of aryl methyl sites for hydroxylation is 1. The molecule has 1 aliphatic carbocycles. The zero-order valence-electron chi connectivity index (χ0n) is 19.3. The van der Waals surface area contributed by atoms with Crippen LogP contribution in [0, 0.1) is 0 Å². The van der Waals surface area contributed by atoms with Gasteiger partial charge in [-0.05, 0) is 60.0 Å². The summed E-state index contributed by atoms with van der Waals surface area (Å²) in [5.41, 5.74) is 4.65. The fourth-order valence-electron chi connectivity index (χ4n) is 5.25. The lowest BCUT2D eigenvalue weighted by atomic mass is 10.1. The van der Waals surface area contributed by atoms with Crippen molar-refractivity contribution in [2.45, 2.75) is 96.8 Å². The Bertz CT molecular complexity index is 891. The van der Waals surface area contributed by atoms with E-state index in [4.69, 9.17) is 9.52 Å². The van der Waals surface area contributed by atoms with Crippen molar-refractivity contribution in [3.8, 4) is 0 Å². The molecule has 0 N–H and O–H groups in total. The summed E-state index contributed by atoms with van der Waals surface area (Å²) in [7, 11) is -1.92. The maximum absolute atomic E-state index is 13.1. The van der Waals surface area contributed by atoms with E-state index in [2.05, 4.69) is 60.6 Å². The van der Waals surface area contributed by atoms with Gasteiger partial charge in [0.25, 0.3) is 0 Å². The summed E-state index contributed by atoms with van der Waals surface area (Å²) in [4.78, 5) is 13.1. The Labute approximate surface area is 176 Å². The van der Waals surface area contributed by atoms with Crippen molar-refractivity contribution in [3.05, 3.63) is 39.7 Å². The van der Waals surface area contributed by atoms with E-state index < -0.39 is 8.32 Å². The van der Waals surface area contributed by atoms with Crippen LogP contribution < -0.4 is 5.43 Å². The average molecular weight is 415 g/mol. The summed E-state index contributed by atoms with van der Waals surface area (Å²) in [6.07, 6.45) is 3.11. The summed E-state index contributed by atoms with van der Waals surface area (Å²) in [6.45, 7) is 17.2.